The van der Waals surface area contributed by atoms with Crippen molar-refractivity contribution in [2.24, 2.45) is 0 Å². The number of nitrogen functional groups attached to an aromatic ring is 2. The van der Waals surface area contributed by atoms with E-state index in [1.165, 1.54) is 17.3 Å². The van der Waals surface area contributed by atoms with Gasteiger partial charge < -0.3 is 39.4 Å². The minimum atomic E-state index is -0.453. The highest BCUT2D eigenvalue weighted by molar-refractivity contribution is 9.10. The number of aromatic nitrogens is 4. The smallest absolute Gasteiger partial charge is 0.399 e. The van der Waals surface area contributed by atoms with Gasteiger partial charge in [-0.3, -0.25) is 9.97 Å². The largest absolute Gasteiger partial charge is 0.496 e. The molecule has 4 aromatic heterocycles. The highest BCUT2D eigenvalue weighted by Gasteiger charge is 2.52. The molecule has 0 atom stereocenters. The van der Waals surface area contributed by atoms with Gasteiger partial charge in [-0.05, 0) is 140 Å². The number of aryl methyl sites for hydroxylation is 2. The number of hydrogen-bond acceptors (Lipinski definition) is 8. The van der Waals surface area contributed by atoms with Gasteiger partial charge in [-0.2, -0.15) is 0 Å². The van der Waals surface area contributed by atoms with Crippen LogP contribution in [-0.4, -0.2) is 49.6 Å². The van der Waals surface area contributed by atoms with Gasteiger partial charge >= 0.3 is 7.12 Å². The number of nitrogens with two attached hydrogens (primary N) is 2. The molecule has 0 amide bonds. The van der Waals surface area contributed by atoms with Crippen LogP contribution in [0.2, 0.25) is 10.0 Å². The fourth-order valence-corrected chi connectivity index (χ4v) is 10.1. The summed E-state index contributed by atoms with van der Waals surface area (Å²) < 4.78 is 30.4. The second-order valence-electron chi connectivity index (χ2n) is 20.3. The maximum Gasteiger partial charge on any atom is 0.496 e. The van der Waals surface area contributed by atoms with Crippen LogP contribution in [0.5, 0.6) is 0 Å². The van der Waals surface area contributed by atoms with Gasteiger partial charge in [0.05, 0.1) is 88.1 Å². The van der Waals surface area contributed by atoms with Gasteiger partial charge in [-0.25, -0.2) is 9.69 Å². The molecule has 378 valence electrons. The van der Waals surface area contributed by atoms with Gasteiger partial charge in [-0.15, -0.1) is 0 Å². The molecule has 4 aromatic carbocycles. The Morgan fingerprint density at radius 2 is 1.12 bits per heavy atom. The van der Waals surface area contributed by atoms with Crippen LogP contribution in [-0.2, 0) is 32.0 Å². The molecule has 0 unspecified atom stereocenters. The van der Waals surface area contributed by atoms with Crippen molar-refractivity contribution in [3.05, 3.63) is 182 Å². The average molecular weight is 1090 g/mol. The lowest BCUT2D eigenvalue weighted by molar-refractivity contribution is -0.0348. The average Bonchev–Trinajstić information content (AvgIpc) is 3.97. The number of ether oxygens (including phenoxy) is 2. The molecule has 3 fully saturated rings. The number of rotatable bonds is 10. The van der Waals surface area contributed by atoms with Crippen LogP contribution in [0, 0.1) is 27.0 Å². The van der Waals surface area contributed by atoms with Crippen LogP contribution < -0.4 is 16.9 Å². The Labute approximate surface area is 451 Å². The van der Waals surface area contributed by atoms with E-state index in [4.69, 9.17) is 66.6 Å². The molecule has 1 saturated heterocycles. The molecule has 3 aliphatic rings. The van der Waals surface area contributed by atoms with E-state index in [2.05, 4.69) is 121 Å². The third-order valence-corrected chi connectivity index (χ3v) is 16.4. The maximum atomic E-state index is 7.59. The predicted octanol–water partition coefficient (Wildman–Crippen LogP) is 14.5. The number of halogens is 3. The summed E-state index contributed by atoms with van der Waals surface area (Å²) in [5, 5.41) is 3.04. The lowest BCUT2D eigenvalue weighted by Gasteiger charge is -2.36. The van der Waals surface area contributed by atoms with Gasteiger partial charge in [-0.1, -0.05) is 83.9 Å². The Bertz CT molecular complexity index is 3380. The van der Waals surface area contributed by atoms with E-state index in [0.29, 0.717) is 58.1 Å². The molecule has 4 N–H and O–H groups in total. The fourth-order valence-electron chi connectivity index (χ4n) is 9.48. The number of fused-ring (bicyclic) bond motifs is 2. The number of hydrogen-bond donors (Lipinski definition) is 2. The van der Waals surface area contributed by atoms with Gasteiger partial charge in [0.15, 0.2) is 11.4 Å². The third kappa shape index (κ3) is 11.0. The molecule has 0 bridgehead atoms. The van der Waals surface area contributed by atoms with E-state index in [1.807, 2.05) is 62.4 Å². The summed E-state index contributed by atoms with van der Waals surface area (Å²) in [6.07, 6.45) is 15.0. The fraction of sp³-hybridized carbons (Fsp3) is 0.310. The van der Waals surface area contributed by atoms with Crippen molar-refractivity contribution < 1.29 is 18.8 Å². The zero-order valence-electron chi connectivity index (χ0n) is 42.3. The SMILES string of the molecule is Nc1cncc(Br)c1Cl.[C-]#[N+]c1cc2c(-c3cncc(N)c3Cl)cn(C3CC(OCc4ccccc4)C3)c2cc1C.[C-]#[N+]c1cc2c(B3OC(C)(C)C(C)(C)O3)cn(C3CC(OCc4ccccc4)C3)c2cc1C. The molecule has 0 radical (unpaired) electrons. The molecule has 5 heterocycles. The van der Waals surface area contributed by atoms with Crippen molar-refractivity contribution in [3.63, 3.8) is 0 Å². The maximum absolute atomic E-state index is 7.59. The zero-order valence-corrected chi connectivity index (χ0v) is 45.4. The number of benzene rings is 4. The van der Waals surface area contributed by atoms with Crippen LogP contribution in [0.25, 0.3) is 42.6 Å². The summed E-state index contributed by atoms with van der Waals surface area (Å²) in [6, 6.07) is 29.4. The molecule has 2 aliphatic carbocycles. The normalized spacial score (nSPS) is 19.3. The molecule has 0 spiro atoms. The molecule has 12 nitrogen and oxygen atoms in total. The first kappa shape index (κ1) is 52.7. The Morgan fingerprint density at radius 3 is 1.61 bits per heavy atom. The summed E-state index contributed by atoms with van der Waals surface area (Å²) in [6.45, 7) is 28.7. The first-order chi connectivity index (χ1) is 35.4. The van der Waals surface area contributed by atoms with Crippen LogP contribution >= 0.6 is 39.1 Å². The van der Waals surface area contributed by atoms with Crippen molar-refractivity contribution in [2.45, 2.75) is 116 Å². The highest BCUT2D eigenvalue weighted by atomic mass is 79.9. The summed E-state index contributed by atoms with van der Waals surface area (Å²) in [5.41, 5.74) is 22.2. The first-order valence-electron chi connectivity index (χ1n) is 24.6. The lowest BCUT2D eigenvalue weighted by atomic mass is 9.79. The second-order valence-corrected chi connectivity index (χ2v) is 21.9. The van der Waals surface area contributed by atoms with Gasteiger partial charge in [0.25, 0.3) is 0 Å². The molecular weight excluding hydrogens is 1030 g/mol. The standard InChI is InChI=1S/C27H31BN2O3.C26H23ClN4O.C5H4BrClN2/c1-18-12-25-22(15-24(18)29-6)23(28-32-26(2,3)27(4,5)33-28)16-30(25)20-13-21(14-20)31-17-19-10-8-7-9-11-19;1-16-8-25-20(11-24(16)29-2)22(21-12-30-13-23(28)26(21)27)14-31(25)18-9-19(10-18)32-15-17-6-4-3-5-7-17;6-3-1-9-2-4(8)5(3)7/h7-12,15-16,20-21H,13-14,17H2,1-5H3;3-8,11-14,18-19H,9-10,15,28H2,1H3;1-2H,8H2. The van der Waals surface area contributed by atoms with Crippen molar-refractivity contribution in [3.8, 4) is 11.1 Å². The zero-order chi connectivity index (χ0) is 52.5. The molecule has 8 aromatic rings. The molecule has 2 saturated carbocycles. The van der Waals surface area contributed by atoms with E-state index in [0.717, 1.165) is 79.7 Å². The molecule has 74 heavy (non-hydrogen) atoms. The number of anilines is 2. The van der Waals surface area contributed by atoms with Gasteiger partial charge in [0, 0.05) is 64.5 Å². The van der Waals surface area contributed by atoms with Crippen molar-refractivity contribution in [1.29, 1.82) is 0 Å². The predicted molar refractivity (Wildman–Crippen MR) is 302 cm³/mol. The highest BCUT2D eigenvalue weighted by Crippen LogP contribution is 2.45. The summed E-state index contributed by atoms with van der Waals surface area (Å²) in [7, 11) is -0.453. The van der Waals surface area contributed by atoms with Crippen LogP contribution in [0.4, 0.5) is 22.7 Å². The van der Waals surface area contributed by atoms with Crippen LogP contribution in [0.3, 0.4) is 0 Å². The Balaban J connectivity index is 0.000000156. The van der Waals surface area contributed by atoms with E-state index in [-0.39, 0.29) is 12.2 Å². The quantitative estimate of drug-likeness (QED) is 0.102. The Hall–Kier alpha value is -6.20. The van der Waals surface area contributed by atoms with Crippen LogP contribution in [0.15, 0.2) is 127 Å². The number of nitrogens with zero attached hydrogens (tertiary/aromatic N) is 6. The molecular formula is C58H58BBrCl2N8O4. The Morgan fingerprint density at radius 1 is 0.662 bits per heavy atom. The van der Waals surface area contributed by atoms with Crippen molar-refractivity contribution in [1.82, 2.24) is 19.1 Å². The van der Waals surface area contributed by atoms with E-state index in [1.54, 1.807) is 18.6 Å². The minimum Gasteiger partial charge on any atom is -0.399 e. The molecule has 11 rings (SSSR count). The van der Waals surface area contributed by atoms with E-state index >= 15 is 0 Å². The second kappa shape index (κ2) is 21.9. The monoisotopic (exact) mass is 1090 g/mol. The minimum absolute atomic E-state index is 0.238. The first-order valence-corrected chi connectivity index (χ1v) is 26.2. The lowest BCUT2D eigenvalue weighted by Crippen LogP contribution is -2.41. The summed E-state index contributed by atoms with van der Waals surface area (Å²) in [4.78, 5) is 15.5. The Kier molecular flexibility index (Phi) is 15.6. The summed E-state index contributed by atoms with van der Waals surface area (Å²) in [5.74, 6) is 0. The van der Waals surface area contributed by atoms with E-state index < -0.39 is 18.3 Å². The van der Waals surface area contributed by atoms with Crippen LogP contribution in [0.1, 0.15) is 87.7 Å². The molecule has 1 aliphatic heterocycles. The van der Waals surface area contributed by atoms with Gasteiger partial charge in [0.2, 0.25) is 0 Å². The van der Waals surface area contributed by atoms with Crippen molar-refractivity contribution in [2.75, 3.05) is 11.5 Å². The van der Waals surface area contributed by atoms with Gasteiger partial charge in [0.1, 0.15) is 0 Å². The van der Waals surface area contributed by atoms with E-state index in [9.17, 15) is 0 Å². The molecule has 16 heteroatoms. The topological polar surface area (TPSA) is 133 Å². The third-order valence-electron chi connectivity index (χ3n) is 14.7. The van der Waals surface area contributed by atoms with Crippen molar-refractivity contribution >= 4 is 96.3 Å². The number of pyridine rings is 2. The summed E-state index contributed by atoms with van der Waals surface area (Å²) >= 11 is 15.4.